The molecule has 9 heteroatoms. The SMILES string of the molecule is C[C@H]1CN([C@@H](C)CO)C(=O)c2cc(C#CCN(C)C)cnc2O[C@H]1CN(C)C(=O)c1ccc(F)cc1. The molecule has 3 atom stereocenters. The molecule has 2 amide bonds. The highest BCUT2D eigenvalue weighted by molar-refractivity contribution is 5.97. The average molecular weight is 497 g/mol. The molecule has 1 aliphatic rings. The van der Waals surface area contributed by atoms with Gasteiger partial charge in [-0.05, 0) is 51.4 Å². The number of aromatic nitrogens is 1. The number of hydrogen-bond donors (Lipinski definition) is 1. The molecule has 1 aliphatic heterocycles. The van der Waals surface area contributed by atoms with E-state index in [0.29, 0.717) is 24.2 Å². The first-order chi connectivity index (χ1) is 17.1. The highest BCUT2D eigenvalue weighted by Gasteiger charge is 2.34. The van der Waals surface area contributed by atoms with Crippen molar-refractivity contribution in [3.8, 4) is 17.7 Å². The van der Waals surface area contributed by atoms with Crippen molar-refractivity contribution in [1.29, 1.82) is 0 Å². The van der Waals surface area contributed by atoms with Crippen LogP contribution in [0, 0.1) is 23.6 Å². The number of carbonyl (C=O) groups excluding carboxylic acids is 2. The Hall–Kier alpha value is -3.48. The lowest BCUT2D eigenvalue weighted by atomic mass is 9.99. The van der Waals surface area contributed by atoms with Crippen LogP contribution in [0.25, 0.3) is 0 Å². The Bertz CT molecular complexity index is 1140. The van der Waals surface area contributed by atoms with E-state index in [1.54, 1.807) is 31.1 Å². The molecule has 8 nitrogen and oxygen atoms in total. The molecule has 0 saturated heterocycles. The van der Waals surface area contributed by atoms with Crippen molar-refractivity contribution in [2.24, 2.45) is 5.92 Å². The van der Waals surface area contributed by atoms with Crippen molar-refractivity contribution in [1.82, 2.24) is 19.7 Å². The molecule has 1 N–H and O–H groups in total. The maximum absolute atomic E-state index is 13.5. The molecule has 1 aromatic heterocycles. The van der Waals surface area contributed by atoms with Gasteiger partial charge in [-0.15, -0.1) is 0 Å². The van der Waals surface area contributed by atoms with Gasteiger partial charge < -0.3 is 19.6 Å². The van der Waals surface area contributed by atoms with Crippen LogP contribution in [0.4, 0.5) is 4.39 Å². The van der Waals surface area contributed by atoms with Crippen molar-refractivity contribution >= 4 is 11.8 Å². The number of carbonyl (C=O) groups is 2. The maximum Gasteiger partial charge on any atom is 0.259 e. The minimum Gasteiger partial charge on any atom is -0.472 e. The van der Waals surface area contributed by atoms with Gasteiger partial charge in [-0.1, -0.05) is 18.8 Å². The number of amides is 2. The summed E-state index contributed by atoms with van der Waals surface area (Å²) in [6, 6.07) is 6.61. The predicted molar refractivity (Wildman–Crippen MR) is 134 cm³/mol. The lowest BCUT2D eigenvalue weighted by molar-refractivity contribution is 0.0313. The molecule has 2 heterocycles. The van der Waals surface area contributed by atoms with Crippen LogP contribution in [0.2, 0.25) is 0 Å². The summed E-state index contributed by atoms with van der Waals surface area (Å²) in [6.07, 6.45) is 1.07. The number of aliphatic hydroxyl groups is 1. The Morgan fingerprint density at radius 1 is 1.31 bits per heavy atom. The monoisotopic (exact) mass is 496 g/mol. The van der Waals surface area contributed by atoms with E-state index in [-0.39, 0.29) is 42.3 Å². The van der Waals surface area contributed by atoms with Crippen molar-refractivity contribution in [2.75, 3.05) is 47.4 Å². The van der Waals surface area contributed by atoms with Crippen molar-refractivity contribution in [3.63, 3.8) is 0 Å². The number of benzene rings is 1. The number of pyridine rings is 1. The topological polar surface area (TPSA) is 86.2 Å². The first-order valence-corrected chi connectivity index (χ1v) is 11.8. The van der Waals surface area contributed by atoms with Gasteiger partial charge in [-0.2, -0.15) is 0 Å². The van der Waals surface area contributed by atoms with E-state index in [1.165, 1.54) is 29.2 Å². The number of halogens is 1. The standard InChI is InChI=1S/C27H33FN4O4/c1-18-15-32(19(2)17-33)27(35)23-13-20(7-6-12-30(3)4)14-29-25(23)36-24(18)16-31(5)26(34)21-8-10-22(28)11-9-21/h8-11,13-14,18-19,24,33H,12,15-17H2,1-5H3/t18-,19-,24-/m0/s1. The number of ether oxygens (including phenoxy) is 1. The Kier molecular flexibility index (Phi) is 9.02. The zero-order valence-corrected chi connectivity index (χ0v) is 21.4. The van der Waals surface area contributed by atoms with E-state index in [2.05, 4.69) is 16.8 Å². The second-order valence-corrected chi connectivity index (χ2v) is 9.43. The Morgan fingerprint density at radius 3 is 2.64 bits per heavy atom. The van der Waals surface area contributed by atoms with Crippen molar-refractivity contribution in [3.05, 3.63) is 59.0 Å². The van der Waals surface area contributed by atoms with Gasteiger partial charge >= 0.3 is 0 Å². The molecular weight excluding hydrogens is 463 g/mol. The predicted octanol–water partition coefficient (Wildman–Crippen LogP) is 2.13. The van der Waals surface area contributed by atoms with Gasteiger partial charge in [0, 0.05) is 36.8 Å². The van der Waals surface area contributed by atoms with Crippen LogP contribution in [0.1, 0.15) is 40.1 Å². The molecule has 0 spiro atoms. The van der Waals surface area contributed by atoms with Gasteiger partial charge in [0.2, 0.25) is 5.88 Å². The lowest BCUT2D eigenvalue weighted by Gasteiger charge is -2.37. The molecule has 36 heavy (non-hydrogen) atoms. The first-order valence-electron chi connectivity index (χ1n) is 11.8. The third-order valence-corrected chi connectivity index (χ3v) is 6.04. The van der Waals surface area contributed by atoms with Crippen LogP contribution in [0.5, 0.6) is 5.88 Å². The van der Waals surface area contributed by atoms with E-state index in [1.807, 2.05) is 25.9 Å². The molecule has 2 aromatic rings. The third-order valence-electron chi connectivity index (χ3n) is 6.04. The first kappa shape index (κ1) is 27.1. The molecular formula is C27H33FN4O4. The van der Waals surface area contributed by atoms with Crippen LogP contribution < -0.4 is 4.74 Å². The number of likely N-dealkylation sites (N-methyl/N-ethyl adjacent to an activating group) is 1. The summed E-state index contributed by atoms with van der Waals surface area (Å²) in [6.45, 7) is 4.61. The number of rotatable bonds is 6. The van der Waals surface area contributed by atoms with E-state index in [4.69, 9.17) is 4.74 Å². The molecule has 1 aromatic carbocycles. The molecule has 0 unspecified atom stereocenters. The molecule has 0 fully saturated rings. The zero-order chi connectivity index (χ0) is 26.4. The fourth-order valence-corrected chi connectivity index (χ4v) is 3.85. The number of aliphatic hydroxyl groups excluding tert-OH is 1. The summed E-state index contributed by atoms with van der Waals surface area (Å²) in [5.74, 6) is 5.05. The van der Waals surface area contributed by atoms with Crippen molar-refractivity contribution in [2.45, 2.75) is 26.0 Å². The summed E-state index contributed by atoms with van der Waals surface area (Å²) >= 11 is 0. The molecule has 0 radical (unpaired) electrons. The lowest BCUT2D eigenvalue weighted by Crippen LogP contribution is -2.50. The fourth-order valence-electron chi connectivity index (χ4n) is 3.85. The van der Waals surface area contributed by atoms with Crippen molar-refractivity contribution < 1.29 is 23.8 Å². The zero-order valence-electron chi connectivity index (χ0n) is 21.4. The smallest absolute Gasteiger partial charge is 0.259 e. The molecule has 0 aliphatic carbocycles. The summed E-state index contributed by atoms with van der Waals surface area (Å²) in [5.41, 5.74) is 1.21. The van der Waals surface area contributed by atoms with Gasteiger partial charge in [0.05, 0.1) is 25.7 Å². The Labute approximate surface area is 211 Å². The number of fused-ring (bicyclic) bond motifs is 1. The Morgan fingerprint density at radius 2 is 2.00 bits per heavy atom. The van der Waals surface area contributed by atoms with Crippen LogP contribution in [0.3, 0.4) is 0 Å². The van der Waals surface area contributed by atoms with Gasteiger partial charge in [0.25, 0.3) is 11.8 Å². The average Bonchev–Trinajstić information content (AvgIpc) is 2.85. The van der Waals surface area contributed by atoms with E-state index >= 15 is 0 Å². The van der Waals surface area contributed by atoms with Crippen LogP contribution in [0.15, 0.2) is 36.5 Å². The second-order valence-electron chi connectivity index (χ2n) is 9.43. The van der Waals surface area contributed by atoms with E-state index in [0.717, 1.165) is 0 Å². The summed E-state index contributed by atoms with van der Waals surface area (Å²) in [4.78, 5) is 35.8. The number of nitrogens with zero attached hydrogens (tertiary/aromatic N) is 4. The quantitative estimate of drug-likeness (QED) is 0.617. The summed E-state index contributed by atoms with van der Waals surface area (Å²) < 4.78 is 19.5. The van der Waals surface area contributed by atoms with Crippen LogP contribution >= 0.6 is 0 Å². The minimum atomic E-state index is -0.488. The van der Waals surface area contributed by atoms with Gasteiger partial charge in [0.1, 0.15) is 17.5 Å². The second kappa shape index (κ2) is 12.0. The normalized spacial score (nSPS) is 18.3. The minimum absolute atomic E-state index is 0.160. The van der Waals surface area contributed by atoms with Gasteiger partial charge in [-0.3, -0.25) is 14.5 Å². The van der Waals surface area contributed by atoms with Gasteiger partial charge in [0.15, 0.2) is 0 Å². The Balaban J connectivity index is 1.92. The highest BCUT2D eigenvalue weighted by atomic mass is 19.1. The summed E-state index contributed by atoms with van der Waals surface area (Å²) in [5, 5.41) is 9.81. The van der Waals surface area contributed by atoms with E-state index < -0.39 is 18.0 Å². The van der Waals surface area contributed by atoms with Crippen LogP contribution in [-0.2, 0) is 0 Å². The molecule has 0 bridgehead atoms. The van der Waals surface area contributed by atoms with Gasteiger partial charge in [-0.25, -0.2) is 9.37 Å². The maximum atomic E-state index is 13.5. The molecule has 3 rings (SSSR count). The molecule has 192 valence electrons. The number of hydrogen-bond acceptors (Lipinski definition) is 6. The van der Waals surface area contributed by atoms with E-state index in [9.17, 15) is 19.1 Å². The molecule has 0 saturated carbocycles. The fraction of sp³-hybridized carbons (Fsp3) is 0.444. The third kappa shape index (κ3) is 6.59. The summed E-state index contributed by atoms with van der Waals surface area (Å²) in [7, 11) is 5.48. The van der Waals surface area contributed by atoms with Crippen LogP contribution in [-0.4, -0.2) is 96.1 Å². The largest absolute Gasteiger partial charge is 0.472 e. The highest BCUT2D eigenvalue weighted by Crippen LogP contribution is 2.27.